The summed E-state index contributed by atoms with van der Waals surface area (Å²) in [4.78, 5) is 8.81. The van der Waals surface area contributed by atoms with Gasteiger partial charge in [-0.05, 0) is 48.5 Å². The fourth-order valence-corrected chi connectivity index (χ4v) is 2.59. The van der Waals surface area contributed by atoms with E-state index in [1.807, 2.05) is 27.7 Å². The van der Waals surface area contributed by atoms with Gasteiger partial charge in [-0.3, -0.25) is 0 Å². The van der Waals surface area contributed by atoms with E-state index in [1.54, 1.807) is 0 Å². The van der Waals surface area contributed by atoms with E-state index in [0.717, 1.165) is 0 Å². The molecular weight excluding hydrogens is 507 g/mol. The summed E-state index contributed by atoms with van der Waals surface area (Å²) in [6.45, 7) is 15.7. The molecule has 0 spiro atoms. The van der Waals surface area contributed by atoms with E-state index in [-0.39, 0.29) is 11.1 Å². The van der Waals surface area contributed by atoms with Crippen LogP contribution in [0.4, 0.5) is 0 Å². The number of nitrogens with zero attached hydrogens (tertiary/aromatic N) is 2. The number of rotatable bonds is 1. The van der Waals surface area contributed by atoms with Crippen molar-refractivity contribution in [2.24, 2.45) is 9.98 Å². The molecule has 2 aliphatic rings. The topological polar surface area (TPSA) is 43.2 Å². The average Bonchev–Trinajstić information content (AvgIpc) is 3.01. The van der Waals surface area contributed by atoms with Gasteiger partial charge in [0.15, 0.2) is 0 Å². The van der Waals surface area contributed by atoms with E-state index in [2.05, 4.69) is 77.4 Å². The SMILES string of the molecule is CC1(C)COC(C2=NC(C)(C)CO2)=N1.Cc1cc(C)cc(C)c1.[Br][Ni][Br]. The normalized spacial score (nSPS) is 19.1. The molecule has 0 amide bonds. The second-order valence-electron chi connectivity index (χ2n) is 7.75. The number of ether oxygens (including phenoxy) is 2. The zero-order valence-electron chi connectivity index (χ0n) is 16.4. The van der Waals surface area contributed by atoms with Gasteiger partial charge >= 0.3 is 39.3 Å². The zero-order valence-corrected chi connectivity index (χ0v) is 20.6. The van der Waals surface area contributed by atoms with Crippen LogP contribution in [-0.2, 0) is 20.4 Å². The number of hydrogen-bond donors (Lipinski definition) is 0. The molecule has 0 saturated carbocycles. The monoisotopic (exact) mass is 532 g/mol. The van der Waals surface area contributed by atoms with E-state index in [9.17, 15) is 0 Å². The van der Waals surface area contributed by atoms with Gasteiger partial charge in [0.25, 0.3) is 11.8 Å². The molecule has 0 fully saturated rings. The van der Waals surface area contributed by atoms with Gasteiger partial charge in [0.05, 0.1) is 11.1 Å². The van der Waals surface area contributed by atoms with Gasteiger partial charge in [0, 0.05) is 0 Å². The fourth-order valence-electron chi connectivity index (χ4n) is 2.59. The summed E-state index contributed by atoms with van der Waals surface area (Å²) in [5.74, 6) is 1.11. The first kappa shape index (κ1) is 23.7. The van der Waals surface area contributed by atoms with Crippen LogP contribution in [0.25, 0.3) is 0 Å². The maximum absolute atomic E-state index is 5.44. The zero-order chi connectivity index (χ0) is 20.0. The first-order chi connectivity index (χ1) is 12.0. The Morgan fingerprint density at radius 3 is 1.23 bits per heavy atom. The molecule has 1 aromatic rings. The molecule has 26 heavy (non-hydrogen) atoms. The summed E-state index contributed by atoms with van der Waals surface area (Å²) in [6, 6.07) is 6.56. The van der Waals surface area contributed by atoms with Gasteiger partial charge in [-0.2, -0.15) is 0 Å². The van der Waals surface area contributed by atoms with Gasteiger partial charge in [0.1, 0.15) is 13.2 Å². The van der Waals surface area contributed by atoms with Crippen molar-refractivity contribution in [2.45, 2.75) is 59.5 Å². The molecule has 0 saturated heterocycles. The second-order valence-corrected chi connectivity index (χ2v) is 12.7. The Kier molecular flexibility index (Phi) is 9.31. The van der Waals surface area contributed by atoms with E-state index in [1.165, 1.54) is 27.6 Å². The van der Waals surface area contributed by atoms with E-state index in [0.29, 0.717) is 25.0 Å². The van der Waals surface area contributed by atoms with Crippen molar-refractivity contribution in [1.29, 1.82) is 0 Å². The average molecular weight is 535 g/mol. The Morgan fingerprint density at radius 1 is 0.769 bits per heavy atom. The molecule has 150 valence electrons. The van der Waals surface area contributed by atoms with Crippen LogP contribution in [0.15, 0.2) is 28.2 Å². The van der Waals surface area contributed by atoms with Crippen molar-refractivity contribution in [1.82, 2.24) is 0 Å². The molecule has 0 N–H and O–H groups in total. The van der Waals surface area contributed by atoms with Gasteiger partial charge < -0.3 is 9.47 Å². The third-order valence-corrected chi connectivity index (χ3v) is 3.48. The molecule has 3 rings (SSSR count). The standard InChI is InChI=1S/C10H16N2O2.C9H12.2BrH.Ni/c1-9(2)5-13-7(11-9)8-12-10(3,4)6-14-8;1-7-4-8(2)6-9(3)5-7;;;/h5-6H2,1-4H3;4-6H,1-3H3;2*1H;/q;;;;+2/p-2. The van der Waals surface area contributed by atoms with Crippen molar-refractivity contribution >= 4 is 40.2 Å². The second kappa shape index (κ2) is 10.2. The van der Waals surface area contributed by atoms with Crippen molar-refractivity contribution in [3.8, 4) is 0 Å². The van der Waals surface area contributed by atoms with Gasteiger partial charge in [-0.25, -0.2) is 9.98 Å². The Morgan fingerprint density at radius 2 is 1.04 bits per heavy atom. The molecule has 0 atom stereocenters. The van der Waals surface area contributed by atoms with Crippen LogP contribution in [-0.4, -0.2) is 36.1 Å². The number of hydrogen-bond acceptors (Lipinski definition) is 4. The Bertz CT molecular complexity index is 591. The molecular formula is C19H28Br2N2NiO2. The molecule has 2 aliphatic heterocycles. The molecule has 2 heterocycles. The predicted molar refractivity (Wildman–Crippen MR) is 113 cm³/mol. The van der Waals surface area contributed by atoms with E-state index >= 15 is 0 Å². The maximum atomic E-state index is 5.44. The van der Waals surface area contributed by atoms with Crippen LogP contribution >= 0.6 is 28.5 Å². The number of halogens is 2. The van der Waals surface area contributed by atoms with Crippen LogP contribution in [0.5, 0.6) is 0 Å². The summed E-state index contributed by atoms with van der Waals surface area (Å²) < 4.78 is 10.9. The summed E-state index contributed by atoms with van der Waals surface area (Å²) in [7, 11) is 1.25. The number of benzene rings is 1. The van der Waals surface area contributed by atoms with Crippen LogP contribution < -0.4 is 0 Å². The summed E-state index contributed by atoms with van der Waals surface area (Å²) in [6.07, 6.45) is 0. The minimum absolute atomic E-state index is 0.145. The molecule has 0 radical (unpaired) electrons. The van der Waals surface area contributed by atoms with Gasteiger partial charge in [-0.15, -0.1) is 0 Å². The van der Waals surface area contributed by atoms with Gasteiger partial charge in [-0.1, -0.05) is 34.9 Å². The number of aryl methyl sites for hydroxylation is 3. The Labute approximate surface area is 177 Å². The molecule has 0 aromatic heterocycles. The molecule has 4 nitrogen and oxygen atoms in total. The predicted octanol–water partition coefficient (Wildman–Crippen LogP) is 5.70. The third-order valence-electron chi connectivity index (χ3n) is 3.48. The van der Waals surface area contributed by atoms with E-state index in [4.69, 9.17) is 9.47 Å². The van der Waals surface area contributed by atoms with Crippen molar-refractivity contribution < 1.29 is 20.4 Å². The van der Waals surface area contributed by atoms with E-state index < -0.39 is 0 Å². The van der Waals surface area contributed by atoms with Crippen molar-refractivity contribution in [3.63, 3.8) is 0 Å². The van der Waals surface area contributed by atoms with Crippen molar-refractivity contribution in [3.05, 3.63) is 34.9 Å². The molecule has 7 heteroatoms. The van der Waals surface area contributed by atoms with Crippen LogP contribution in [0.3, 0.4) is 0 Å². The first-order valence-corrected chi connectivity index (χ1v) is 13.2. The summed E-state index contributed by atoms with van der Waals surface area (Å²) in [5, 5.41) is 0. The molecule has 0 bridgehead atoms. The van der Waals surface area contributed by atoms with Crippen molar-refractivity contribution in [2.75, 3.05) is 13.2 Å². The third kappa shape index (κ3) is 8.54. The Hall–Kier alpha value is -0.386. The molecule has 0 unspecified atom stereocenters. The summed E-state index contributed by atoms with van der Waals surface area (Å²) in [5.41, 5.74) is 3.77. The van der Waals surface area contributed by atoms with Crippen LogP contribution in [0.2, 0.25) is 0 Å². The quantitative estimate of drug-likeness (QED) is 0.434. The summed E-state index contributed by atoms with van der Waals surface area (Å²) >= 11 is 6.00. The minimum atomic E-state index is -0.145. The Balaban J connectivity index is 0.000000243. The van der Waals surface area contributed by atoms with Gasteiger partial charge in [0.2, 0.25) is 0 Å². The molecule has 1 aromatic carbocycles. The first-order valence-electron chi connectivity index (χ1n) is 8.31. The molecule has 0 aliphatic carbocycles. The van der Waals surface area contributed by atoms with Crippen LogP contribution in [0.1, 0.15) is 44.4 Å². The van der Waals surface area contributed by atoms with Crippen LogP contribution in [0, 0.1) is 20.8 Å². The fraction of sp³-hybridized carbons (Fsp3) is 0.579. The number of aliphatic imine (C=N–C) groups is 2.